The number of benzene rings is 1. The Kier molecular flexibility index (Phi) is 6.37. The van der Waals surface area contributed by atoms with Crippen molar-refractivity contribution in [2.24, 2.45) is 0 Å². The molecule has 1 aromatic rings. The van der Waals surface area contributed by atoms with E-state index in [2.05, 4.69) is 0 Å². The fraction of sp³-hybridized carbons (Fsp3) is 0.607. The van der Waals surface area contributed by atoms with Gasteiger partial charge in [0.2, 0.25) is 0 Å². The quantitative estimate of drug-likeness (QED) is 0.334. The molecule has 2 saturated heterocycles. The standard InChI is InChI=1S/C28H32O12/c1-9-14(29)4-5-18(38-9)40-16-8-15-20-23(28(16,36)11(3)39-15)27(35)22-21(26(20)34)24(32)13-6-12(7-17(30)31)37-10(2)19(13)25(22)33/h9-12,14-16,18,29,32-33,36H,4-8H2,1-3H3,(H,30,31)/t9-,10-,11+,12+,14-,15+,16+,18-,28-/m0/s1. The molecule has 5 N–H and O–H groups in total. The Morgan fingerprint density at radius 3 is 2.40 bits per heavy atom. The predicted molar refractivity (Wildman–Crippen MR) is 133 cm³/mol. The third-order valence-corrected chi connectivity index (χ3v) is 8.97. The maximum Gasteiger partial charge on any atom is 0.305 e. The van der Waals surface area contributed by atoms with Crippen LogP contribution < -0.4 is 0 Å². The van der Waals surface area contributed by atoms with Crippen LogP contribution in [0.15, 0.2) is 11.1 Å². The van der Waals surface area contributed by atoms with Gasteiger partial charge in [0.1, 0.15) is 17.1 Å². The van der Waals surface area contributed by atoms with Crippen molar-refractivity contribution in [3.05, 3.63) is 33.4 Å². The largest absolute Gasteiger partial charge is 0.507 e. The van der Waals surface area contributed by atoms with E-state index in [1.54, 1.807) is 20.8 Å². The zero-order valence-corrected chi connectivity index (χ0v) is 22.2. The number of ether oxygens (including phenoxy) is 4. The molecule has 0 spiro atoms. The number of ketones is 2. The number of aromatic hydroxyl groups is 2. The molecule has 40 heavy (non-hydrogen) atoms. The molecule has 12 nitrogen and oxygen atoms in total. The van der Waals surface area contributed by atoms with E-state index in [1.807, 2.05) is 0 Å². The fourth-order valence-electron chi connectivity index (χ4n) is 7.00. The van der Waals surface area contributed by atoms with Crippen LogP contribution in [0.1, 0.15) is 84.4 Å². The minimum atomic E-state index is -2.07. The molecule has 0 saturated carbocycles. The Morgan fingerprint density at radius 2 is 1.73 bits per heavy atom. The Bertz CT molecular complexity index is 1350. The Hall–Kier alpha value is -2.87. The van der Waals surface area contributed by atoms with Crippen LogP contribution in [0.3, 0.4) is 0 Å². The van der Waals surface area contributed by atoms with Crippen molar-refractivity contribution in [3.8, 4) is 11.5 Å². The number of fused-ring (bicyclic) bond motifs is 4. The molecule has 4 heterocycles. The van der Waals surface area contributed by atoms with Crippen LogP contribution in [-0.2, 0) is 30.2 Å². The number of aliphatic carboxylic acids is 1. The number of carboxylic acids is 1. The average Bonchev–Trinajstić information content (AvgIpc) is 2.87. The molecule has 216 valence electrons. The first kappa shape index (κ1) is 27.3. The molecule has 2 aliphatic carbocycles. The molecule has 0 aromatic heterocycles. The Morgan fingerprint density at radius 1 is 1.02 bits per heavy atom. The summed E-state index contributed by atoms with van der Waals surface area (Å²) in [6, 6.07) is 0. The van der Waals surface area contributed by atoms with Crippen LogP contribution in [0.4, 0.5) is 0 Å². The van der Waals surface area contributed by atoms with Gasteiger partial charge >= 0.3 is 5.97 Å². The number of rotatable bonds is 4. The van der Waals surface area contributed by atoms with Crippen LogP contribution in [0.2, 0.25) is 0 Å². The number of hydrogen-bond acceptors (Lipinski definition) is 11. The lowest BCUT2D eigenvalue weighted by Crippen LogP contribution is -2.67. The molecule has 0 radical (unpaired) electrons. The van der Waals surface area contributed by atoms with Crippen LogP contribution in [0.25, 0.3) is 0 Å². The maximum absolute atomic E-state index is 14.1. The monoisotopic (exact) mass is 560 g/mol. The molecule has 4 aliphatic heterocycles. The summed E-state index contributed by atoms with van der Waals surface area (Å²) in [5, 5.41) is 53.9. The first-order valence-corrected chi connectivity index (χ1v) is 13.5. The molecule has 1 aromatic carbocycles. The number of Topliss-reactive ketones (excluding diaryl/α,β-unsaturated/α-hetero) is 2. The van der Waals surface area contributed by atoms with Crippen molar-refractivity contribution in [3.63, 3.8) is 0 Å². The zero-order valence-electron chi connectivity index (χ0n) is 22.2. The topological polar surface area (TPSA) is 189 Å². The SMILES string of the molecule is C[C@@H]1O[C@@H](CC(=O)O)Cc2c(O)c3c(c(O)c21)C(=O)C1=C(C3=O)[C@H]2C[C@@H](O[C@H]3CC[C@H](O)[C@H](C)O3)[C@@]1(O)[C@@H](C)O2. The van der Waals surface area contributed by atoms with E-state index in [-0.39, 0.29) is 41.5 Å². The first-order valence-electron chi connectivity index (χ1n) is 13.5. The van der Waals surface area contributed by atoms with E-state index in [4.69, 9.17) is 18.9 Å². The number of phenolic OH excluding ortho intramolecular Hbond substituents is 2. The summed E-state index contributed by atoms with van der Waals surface area (Å²) >= 11 is 0. The number of carbonyl (C=O) groups is 3. The third kappa shape index (κ3) is 3.77. The van der Waals surface area contributed by atoms with Crippen LogP contribution in [0.5, 0.6) is 11.5 Å². The van der Waals surface area contributed by atoms with Gasteiger partial charge in [-0.15, -0.1) is 0 Å². The van der Waals surface area contributed by atoms with Gasteiger partial charge in [0.25, 0.3) is 0 Å². The van der Waals surface area contributed by atoms with E-state index in [1.165, 1.54) is 0 Å². The number of aliphatic hydroxyl groups excluding tert-OH is 1. The number of carboxylic acid groups (broad SMARTS) is 1. The Labute approximate surface area is 229 Å². The molecular formula is C28H32O12. The second-order valence-corrected chi connectivity index (χ2v) is 11.4. The minimum absolute atomic E-state index is 0.0358. The van der Waals surface area contributed by atoms with Gasteiger partial charge in [-0.05, 0) is 27.2 Å². The molecule has 2 fully saturated rings. The molecular weight excluding hydrogens is 528 g/mol. The van der Waals surface area contributed by atoms with Crippen molar-refractivity contribution in [1.82, 2.24) is 0 Å². The number of aliphatic hydroxyl groups is 2. The fourth-order valence-corrected chi connectivity index (χ4v) is 7.00. The Balaban J connectivity index is 1.43. The minimum Gasteiger partial charge on any atom is -0.507 e. The van der Waals surface area contributed by atoms with Gasteiger partial charge in [-0.25, -0.2) is 0 Å². The number of phenols is 2. The normalized spacial score (nSPS) is 38.6. The number of carbonyl (C=O) groups excluding carboxylic acids is 2. The van der Waals surface area contributed by atoms with E-state index in [0.717, 1.165) is 0 Å². The number of hydrogen-bond donors (Lipinski definition) is 5. The summed E-state index contributed by atoms with van der Waals surface area (Å²) < 4.78 is 23.6. The lowest BCUT2D eigenvalue weighted by atomic mass is 9.63. The van der Waals surface area contributed by atoms with E-state index in [9.17, 15) is 39.9 Å². The van der Waals surface area contributed by atoms with Gasteiger partial charge in [0.15, 0.2) is 17.9 Å². The third-order valence-electron chi connectivity index (χ3n) is 8.97. The van der Waals surface area contributed by atoms with Gasteiger partial charge in [-0.3, -0.25) is 14.4 Å². The summed E-state index contributed by atoms with van der Waals surface area (Å²) in [6.07, 6.45) is -6.08. The van der Waals surface area contributed by atoms with E-state index in [0.29, 0.717) is 12.8 Å². The summed E-state index contributed by atoms with van der Waals surface area (Å²) in [6.45, 7) is 4.83. The highest BCUT2D eigenvalue weighted by atomic mass is 16.7. The summed E-state index contributed by atoms with van der Waals surface area (Å²) in [5.41, 5.74) is -3.00. The van der Waals surface area contributed by atoms with Crippen LogP contribution >= 0.6 is 0 Å². The van der Waals surface area contributed by atoms with Gasteiger partial charge in [0, 0.05) is 41.5 Å². The zero-order chi connectivity index (χ0) is 28.8. The molecule has 0 amide bonds. The van der Waals surface area contributed by atoms with Crippen molar-refractivity contribution < 1.29 is 58.9 Å². The predicted octanol–water partition coefficient (Wildman–Crippen LogP) is 1.44. The van der Waals surface area contributed by atoms with Crippen LogP contribution in [0, 0.1) is 0 Å². The van der Waals surface area contributed by atoms with Gasteiger partial charge in [-0.1, -0.05) is 0 Å². The molecule has 7 rings (SSSR count). The second kappa shape index (κ2) is 9.33. The van der Waals surface area contributed by atoms with Crippen molar-refractivity contribution >= 4 is 17.5 Å². The highest BCUT2D eigenvalue weighted by Crippen LogP contribution is 2.55. The molecule has 2 bridgehead atoms. The van der Waals surface area contributed by atoms with Crippen LogP contribution in [-0.4, -0.2) is 91.6 Å². The summed E-state index contributed by atoms with van der Waals surface area (Å²) in [7, 11) is 0. The lowest BCUT2D eigenvalue weighted by molar-refractivity contribution is -0.291. The molecule has 9 atom stereocenters. The highest BCUT2D eigenvalue weighted by Gasteiger charge is 2.63. The lowest BCUT2D eigenvalue weighted by Gasteiger charge is -2.54. The van der Waals surface area contributed by atoms with Gasteiger partial charge < -0.3 is 44.5 Å². The van der Waals surface area contributed by atoms with Crippen molar-refractivity contribution in [2.75, 3.05) is 0 Å². The molecule has 0 unspecified atom stereocenters. The first-order chi connectivity index (χ1) is 18.8. The van der Waals surface area contributed by atoms with E-state index < -0.39 is 94.8 Å². The van der Waals surface area contributed by atoms with Crippen molar-refractivity contribution in [1.29, 1.82) is 0 Å². The average molecular weight is 561 g/mol. The highest BCUT2D eigenvalue weighted by molar-refractivity contribution is 6.30. The molecule has 6 aliphatic rings. The van der Waals surface area contributed by atoms with Gasteiger partial charge in [0.05, 0.1) is 60.3 Å². The van der Waals surface area contributed by atoms with Crippen molar-refractivity contribution in [2.45, 2.75) is 107 Å². The van der Waals surface area contributed by atoms with Gasteiger partial charge in [-0.2, -0.15) is 0 Å². The smallest absolute Gasteiger partial charge is 0.305 e. The molecule has 12 heteroatoms. The maximum atomic E-state index is 14.1. The summed E-state index contributed by atoms with van der Waals surface area (Å²) in [4.78, 5) is 39.3. The van der Waals surface area contributed by atoms with E-state index >= 15 is 0 Å². The summed E-state index contributed by atoms with van der Waals surface area (Å²) in [5.74, 6) is -3.76. The second-order valence-electron chi connectivity index (χ2n) is 11.4.